The second-order valence-corrected chi connectivity index (χ2v) is 25.9. The lowest BCUT2D eigenvalue weighted by Gasteiger charge is -2.41. The maximum Gasteiger partial charge on any atom is 0.669 e. The summed E-state index contributed by atoms with van der Waals surface area (Å²) >= 11 is 0. The van der Waals surface area contributed by atoms with Crippen molar-refractivity contribution in [3.8, 4) is 0 Å². The van der Waals surface area contributed by atoms with Gasteiger partial charge in [0.1, 0.15) is 0 Å². The van der Waals surface area contributed by atoms with Crippen molar-refractivity contribution >= 4 is 43.0 Å². The second-order valence-electron chi connectivity index (χ2n) is 7.83. The van der Waals surface area contributed by atoms with E-state index in [1.807, 2.05) is 26.2 Å². The third-order valence-electron chi connectivity index (χ3n) is 2.66. The van der Waals surface area contributed by atoms with Gasteiger partial charge >= 0.3 is 34.7 Å². The van der Waals surface area contributed by atoms with Crippen LogP contribution >= 0.6 is 0 Å². The highest BCUT2D eigenvalue weighted by Gasteiger charge is 2.51. The fourth-order valence-corrected chi connectivity index (χ4v) is 23.6. The minimum absolute atomic E-state index is 1.51. The molecule has 0 aromatic heterocycles. The fourth-order valence-electron chi connectivity index (χ4n) is 2.66. The molecule has 12 heteroatoms. The van der Waals surface area contributed by atoms with Crippen LogP contribution in [-0.2, 0) is 29.7 Å². The molecule has 7 nitrogen and oxygen atoms in total. The van der Waals surface area contributed by atoms with Gasteiger partial charge in [-0.3, -0.25) is 0 Å². The molecule has 0 aliphatic heterocycles. The van der Waals surface area contributed by atoms with E-state index in [4.69, 9.17) is 29.7 Å². The average Bonchev–Trinajstić information content (AvgIpc) is 2.29. The molecule has 0 spiro atoms. The first-order valence-electron chi connectivity index (χ1n) is 7.97. The Balaban J connectivity index is 5.06. The quantitative estimate of drug-likeness (QED) is 0.464. The molecule has 0 atom stereocenters. The number of hydrogen-bond acceptors (Lipinski definition) is 7. The molecule has 24 heavy (non-hydrogen) atoms. The predicted molar refractivity (Wildman–Crippen MR) is 107 cm³/mol. The molecule has 0 fully saturated rings. The minimum atomic E-state index is -3.16. The van der Waals surface area contributed by atoms with Gasteiger partial charge in [-0.2, -0.15) is 0 Å². The molecule has 0 aromatic carbocycles. The van der Waals surface area contributed by atoms with Crippen LogP contribution in [0.25, 0.3) is 0 Å². The molecule has 0 radical (unpaired) electrons. The first-order valence-corrected chi connectivity index (χ1v) is 21.5. The van der Waals surface area contributed by atoms with Crippen LogP contribution in [0, 0.1) is 0 Å². The van der Waals surface area contributed by atoms with E-state index in [0.717, 1.165) is 0 Å². The van der Waals surface area contributed by atoms with Gasteiger partial charge in [0.25, 0.3) is 0 Å². The van der Waals surface area contributed by atoms with Crippen LogP contribution in [0.15, 0.2) is 0 Å². The fraction of sp³-hybridized carbons (Fsp3) is 1.00. The molecule has 0 heterocycles. The van der Waals surface area contributed by atoms with Crippen LogP contribution < -0.4 is 0 Å². The van der Waals surface area contributed by atoms with Gasteiger partial charge in [-0.05, 0) is 58.9 Å². The summed E-state index contributed by atoms with van der Waals surface area (Å²) in [7, 11) is -7.62. The van der Waals surface area contributed by atoms with Gasteiger partial charge in [0, 0.05) is 21.3 Å². The summed E-state index contributed by atoms with van der Waals surface area (Å²) in [6.45, 7) is 18.5. The second kappa shape index (κ2) is 8.66. The smallest absolute Gasteiger partial charge is 0.437 e. The van der Waals surface area contributed by atoms with Crippen LogP contribution in [0.4, 0.5) is 0 Å². The highest BCUT2D eigenvalue weighted by Crippen LogP contribution is 2.26. The summed E-state index contributed by atoms with van der Waals surface area (Å²) in [5, 5.41) is 0. The zero-order chi connectivity index (χ0) is 19.4. The van der Waals surface area contributed by atoms with E-state index in [1.165, 1.54) is 21.3 Å². The Labute approximate surface area is 153 Å². The van der Waals surface area contributed by atoms with Gasteiger partial charge in [-0.25, -0.2) is 0 Å². The van der Waals surface area contributed by atoms with Crippen molar-refractivity contribution in [1.29, 1.82) is 0 Å². The van der Waals surface area contributed by atoms with Crippen LogP contribution in [0.5, 0.6) is 0 Å². The Hall–Kier alpha value is 0.804. The molecule has 0 saturated heterocycles. The van der Waals surface area contributed by atoms with Gasteiger partial charge in [0.05, 0.1) is 0 Å². The molecule has 0 saturated carbocycles. The zero-order valence-corrected chi connectivity index (χ0v) is 22.4. The van der Waals surface area contributed by atoms with Crippen molar-refractivity contribution in [1.82, 2.24) is 0 Å². The van der Waals surface area contributed by atoms with Gasteiger partial charge in [0.2, 0.25) is 0 Å². The highest BCUT2D eigenvalue weighted by atomic mass is 28.5. The Morgan fingerprint density at radius 2 is 0.708 bits per heavy atom. The van der Waals surface area contributed by atoms with Crippen molar-refractivity contribution in [3.63, 3.8) is 0 Å². The normalized spacial score (nSPS) is 15.0. The highest BCUT2D eigenvalue weighted by molar-refractivity contribution is 6.89. The zero-order valence-electron chi connectivity index (χ0n) is 17.4. The average molecular weight is 433 g/mol. The van der Waals surface area contributed by atoms with Crippen LogP contribution in [0.1, 0.15) is 0 Å². The summed E-state index contributed by atoms with van der Waals surface area (Å²) in [5.41, 5.74) is 0. The van der Waals surface area contributed by atoms with E-state index in [2.05, 4.69) is 32.7 Å². The van der Waals surface area contributed by atoms with Crippen LogP contribution in [-0.4, -0.2) is 64.4 Å². The number of rotatable bonds is 11. The standard InChI is InChI=1S/C12H36O7Si5/c1-13-24(14-2,15-3)19-23(11,12)18-22(9,10)17-21(7,8)16-20(4,5)6/h1-12H3. The predicted octanol–water partition coefficient (Wildman–Crippen LogP) is 3.37. The lowest BCUT2D eigenvalue weighted by Crippen LogP contribution is -2.60. The Morgan fingerprint density at radius 1 is 0.417 bits per heavy atom. The number of hydrogen-bond donors (Lipinski definition) is 0. The summed E-state index contributed by atoms with van der Waals surface area (Å²) in [5.74, 6) is 0. The van der Waals surface area contributed by atoms with E-state index in [9.17, 15) is 0 Å². The lowest BCUT2D eigenvalue weighted by molar-refractivity contribution is 0.0404. The maximum absolute atomic E-state index is 6.37. The summed E-state index contributed by atoms with van der Waals surface area (Å²) in [4.78, 5) is 0. The van der Waals surface area contributed by atoms with Crippen molar-refractivity contribution < 1.29 is 29.7 Å². The first kappa shape index (κ1) is 24.8. The molecule has 0 bridgehead atoms. The molecule has 0 aliphatic carbocycles. The van der Waals surface area contributed by atoms with Crippen LogP contribution in [0.2, 0.25) is 58.9 Å². The van der Waals surface area contributed by atoms with E-state index in [0.29, 0.717) is 0 Å². The van der Waals surface area contributed by atoms with E-state index >= 15 is 0 Å². The molecule has 0 rings (SSSR count). The Morgan fingerprint density at radius 3 is 1.00 bits per heavy atom. The van der Waals surface area contributed by atoms with Gasteiger partial charge in [-0.1, -0.05) is 0 Å². The van der Waals surface area contributed by atoms with Crippen LogP contribution in [0.3, 0.4) is 0 Å². The largest absolute Gasteiger partial charge is 0.669 e. The topological polar surface area (TPSA) is 64.6 Å². The van der Waals surface area contributed by atoms with Crippen molar-refractivity contribution in [2.75, 3.05) is 21.3 Å². The van der Waals surface area contributed by atoms with E-state index in [-0.39, 0.29) is 0 Å². The van der Waals surface area contributed by atoms with Crippen molar-refractivity contribution in [2.45, 2.75) is 58.9 Å². The van der Waals surface area contributed by atoms with E-state index in [1.54, 1.807) is 0 Å². The first-order chi connectivity index (χ1) is 10.5. The SMILES string of the molecule is CO[Si](OC)(OC)O[Si](C)(C)O[Si](C)(C)O[Si](C)(C)O[Si](C)(C)C. The maximum atomic E-state index is 6.37. The summed E-state index contributed by atoms with van der Waals surface area (Å²) in [6.07, 6.45) is 0. The molecule has 0 aliphatic rings. The van der Waals surface area contributed by atoms with Gasteiger partial charge < -0.3 is 29.7 Å². The molecule has 146 valence electrons. The summed E-state index contributed by atoms with van der Waals surface area (Å²) < 4.78 is 41.0. The van der Waals surface area contributed by atoms with Crippen molar-refractivity contribution in [3.05, 3.63) is 0 Å². The van der Waals surface area contributed by atoms with Crippen molar-refractivity contribution in [2.24, 2.45) is 0 Å². The van der Waals surface area contributed by atoms with Gasteiger partial charge in [-0.15, -0.1) is 0 Å². The molecule has 0 aromatic rings. The lowest BCUT2D eigenvalue weighted by atomic mass is 11.8. The monoisotopic (exact) mass is 432 g/mol. The van der Waals surface area contributed by atoms with E-state index < -0.39 is 43.0 Å². The molecular formula is C12H36O7Si5. The summed E-state index contributed by atoms with van der Waals surface area (Å²) in [6, 6.07) is 0. The molecule has 0 amide bonds. The molecular weight excluding hydrogens is 397 g/mol. The molecule has 0 N–H and O–H groups in total. The molecule has 0 unspecified atom stereocenters. The Bertz CT molecular complexity index is 385. The third kappa shape index (κ3) is 9.49. The van der Waals surface area contributed by atoms with Gasteiger partial charge in [0.15, 0.2) is 8.32 Å². The third-order valence-corrected chi connectivity index (χ3v) is 19.4. The minimum Gasteiger partial charge on any atom is -0.437 e. The Kier molecular flexibility index (Phi) is 8.95.